The van der Waals surface area contributed by atoms with Crippen LogP contribution in [-0.2, 0) is 13.0 Å². The molecule has 0 saturated carbocycles. The summed E-state index contributed by atoms with van der Waals surface area (Å²) in [4.78, 5) is 17.2. The molecular formula is C26H27N3O. The van der Waals surface area contributed by atoms with Crippen LogP contribution in [0.5, 0.6) is 0 Å². The second kappa shape index (κ2) is 8.23. The Hall–Kier alpha value is -3.27. The van der Waals surface area contributed by atoms with E-state index in [4.69, 9.17) is 0 Å². The summed E-state index contributed by atoms with van der Waals surface area (Å²) < 4.78 is 0. The standard InChI is InChI=1S/C26H27N3O/c30-26(27-24-11-8-21(9-12-24)20-6-2-1-3-7-20)29-17-14-22-18-25(13-10-23(22)19-29)28-15-4-5-16-28/h1-3,6-13,18H,4-5,14-17,19H2,(H,27,30). The van der Waals surface area contributed by atoms with Crippen LogP contribution in [0.25, 0.3) is 11.1 Å². The molecule has 0 spiro atoms. The monoisotopic (exact) mass is 397 g/mol. The van der Waals surface area contributed by atoms with Gasteiger partial charge in [0.25, 0.3) is 0 Å². The number of benzene rings is 3. The van der Waals surface area contributed by atoms with E-state index in [1.165, 1.54) is 35.2 Å². The molecule has 0 atom stereocenters. The fourth-order valence-electron chi connectivity index (χ4n) is 4.46. The predicted octanol–water partition coefficient (Wildman–Crippen LogP) is 5.54. The molecule has 2 aliphatic rings. The lowest BCUT2D eigenvalue weighted by molar-refractivity contribution is 0.206. The average molecular weight is 398 g/mol. The first kappa shape index (κ1) is 18.7. The van der Waals surface area contributed by atoms with Crippen LogP contribution in [0.15, 0.2) is 72.8 Å². The van der Waals surface area contributed by atoms with Crippen molar-refractivity contribution in [3.05, 3.63) is 83.9 Å². The Morgan fingerprint density at radius 3 is 2.27 bits per heavy atom. The number of carbonyl (C=O) groups excluding carboxylic acids is 1. The molecule has 30 heavy (non-hydrogen) atoms. The zero-order chi connectivity index (χ0) is 20.3. The molecule has 1 fully saturated rings. The van der Waals surface area contributed by atoms with Gasteiger partial charge >= 0.3 is 6.03 Å². The molecule has 3 aromatic rings. The third kappa shape index (κ3) is 3.90. The van der Waals surface area contributed by atoms with Gasteiger partial charge in [-0.1, -0.05) is 48.5 Å². The number of fused-ring (bicyclic) bond motifs is 1. The Balaban J connectivity index is 1.23. The van der Waals surface area contributed by atoms with Gasteiger partial charge in [0.15, 0.2) is 0 Å². The Bertz CT molecular complexity index is 1020. The van der Waals surface area contributed by atoms with Gasteiger partial charge in [-0.05, 0) is 65.8 Å². The van der Waals surface area contributed by atoms with Gasteiger partial charge in [-0.15, -0.1) is 0 Å². The summed E-state index contributed by atoms with van der Waals surface area (Å²) in [7, 11) is 0. The zero-order valence-electron chi connectivity index (χ0n) is 17.2. The third-order valence-corrected chi connectivity index (χ3v) is 6.20. The molecule has 0 bridgehead atoms. The largest absolute Gasteiger partial charge is 0.372 e. The first-order chi connectivity index (χ1) is 14.8. The number of hydrogen-bond donors (Lipinski definition) is 1. The highest BCUT2D eigenvalue weighted by Gasteiger charge is 2.22. The van der Waals surface area contributed by atoms with Crippen LogP contribution in [0.4, 0.5) is 16.2 Å². The molecule has 2 amide bonds. The highest BCUT2D eigenvalue weighted by atomic mass is 16.2. The van der Waals surface area contributed by atoms with Crippen molar-refractivity contribution in [2.24, 2.45) is 0 Å². The van der Waals surface area contributed by atoms with Crippen molar-refractivity contribution >= 4 is 17.4 Å². The lowest BCUT2D eigenvalue weighted by atomic mass is 9.99. The maximum Gasteiger partial charge on any atom is 0.322 e. The van der Waals surface area contributed by atoms with Crippen LogP contribution in [0.2, 0.25) is 0 Å². The van der Waals surface area contributed by atoms with Gasteiger partial charge in [0.2, 0.25) is 0 Å². The molecule has 1 N–H and O–H groups in total. The molecule has 4 heteroatoms. The summed E-state index contributed by atoms with van der Waals surface area (Å²) in [5, 5.41) is 3.06. The quantitative estimate of drug-likeness (QED) is 0.629. The molecule has 2 aliphatic heterocycles. The third-order valence-electron chi connectivity index (χ3n) is 6.20. The lowest BCUT2D eigenvalue weighted by Gasteiger charge is -2.30. The minimum atomic E-state index is -0.0308. The highest BCUT2D eigenvalue weighted by molar-refractivity contribution is 5.89. The van der Waals surface area contributed by atoms with Gasteiger partial charge in [0.1, 0.15) is 0 Å². The van der Waals surface area contributed by atoms with E-state index in [0.29, 0.717) is 6.54 Å². The van der Waals surface area contributed by atoms with Gasteiger partial charge in [0, 0.05) is 37.6 Å². The van der Waals surface area contributed by atoms with Crippen molar-refractivity contribution in [2.75, 3.05) is 29.9 Å². The Morgan fingerprint density at radius 2 is 1.50 bits per heavy atom. The Morgan fingerprint density at radius 1 is 0.767 bits per heavy atom. The minimum absolute atomic E-state index is 0.0308. The highest BCUT2D eigenvalue weighted by Crippen LogP contribution is 2.27. The van der Waals surface area contributed by atoms with Gasteiger partial charge in [0.05, 0.1) is 0 Å². The van der Waals surface area contributed by atoms with E-state index in [-0.39, 0.29) is 6.03 Å². The normalized spacial score (nSPS) is 15.7. The summed E-state index contributed by atoms with van der Waals surface area (Å²) in [6.07, 6.45) is 3.49. The lowest BCUT2D eigenvalue weighted by Crippen LogP contribution is -2.39. The SMILES string of the molecule is O=C(Nc1ccc(-c2ccccc2)cc1)N1CCc2cc(N3CCCC3)ccc2C1. The maximum absolute atomic E-state index is 12.8. The number of carbonyl (C=O) groups is 1. The summed E-state index contributed by atoms with van der Waals surface area (Å²) in [5.41, 5.74) is 7.14. The van der Waals surface area contributed by atoms with Gasteiger partial charge < -0.3 is 15.1 Å². The summed E-state index contributed by atoms with van der Waals surface area (Å²) >= 11 is 0. The van der Waals surface area contributed by atoms with Crippen LogP contribution in [0.1, 0.15) is 24.0 Å². The van der Waals surface area contributed by atoms with E-state index in [9.17, 15) is 4.79 Å². The van der Waals surface area contributed by atoms with E-state index in [0.717, 1.165) is 37.3 Å². The van der Waals surface area contributed by atoms with Gasteiger partial charge in [-0.3, -0.25) is 0 Å². The van der Waals surface area contributed by atoms with E-state index in [1.54, 1.807) is 0 Å². The van der Waals surface area contributed by atoms with Crippen LogP contribution in [0.3, 0.4) is 0 Å². The van der Waals surface area contributed by atoms with Gasteiger partial charge in [-0.2, -0.15) is 0 Å². The van der Waals surface area contributed by atoms with Crippen LogP contribution < -0.4 is 10.2 Å². The van der Waals surface area contributed by atoms with Crippen molar-refractivity contribution in [3.63, 3.8) is 0 Å². The Kier molecular flexibility index (Phi) is 5.14. The summed E-state index contributed by atoms with van der Waals surface area (Å²) in [5.74, 6) is 0. The minimum Gasteiger partial charge on any atom is -0.372 e. The number of urea groups is 1. The second-order valence-corrected chi connectivity index (χ2v) is 8.19. The number of rotatable bonds is 3. The fraction of sp³-hybridized carbons (Fsp3) is 0.269. The van der Waals surface area contributed by atoms with Crippen molar-refractivity contribution in [3.8, 4) is 11.1 Å². The molecule has 152 valence electrons. The van der Waals surface area contributed by atoms with Crippen molar-refractivity contribution < 1.29 is 4.79 Å². The molecule has 0 aromatic heterocycles. The first-order valence-corrected chi connectivity index (χ1v) is 10.8. The predicted molar refractivity (Wildman–Crippen MR) is 123 cm³/mol. The molecule has 0 aliphatic carbocycles. The number of hydrogen-bond acceptors (Lipinski definition) is 2. The van der Waals surface area contributed by atoms with Crippen molar-refractivity contribution in [2.45, 2.75) is 25.8 Å². The average Bonchev–Trinajstić information content (AvgIpc) is 3.34. The van der Waals surface area contributed by atoms with Crippen molar-refractivity contribution in [1.82, 2.24) is 4.90 Å². The first-order valence-electron chi connectivity index (χ1n) is 10.8. The number of amides is 2. The molecular weight excluding hydrogens is 370 g/mol. The van der Waals surface area contributed by atoms with Crippen LogP contribution in [-0.4, -0.2) is 30.6 Å². The van der Waals surface area contributed by atoms with Crippen LogP contribution in [0, 0.1) is 0 Å². The van der Waals surface area contributed by atoms with Gasteiger partial charge in [-0.25, -0.2) is 4.79 Å². The zero-order valence-corrected chi connectivity index (χ0v) is 17.2. The number of nitrogens with zero attached hydrogens (tertiary/aromatic N) is 2. The van der Waals surface area contributed by atoms with Crippen molar-refractivity contribution in [1.29, 1.82) is 0 Å². The van der Waals surface area contributed by atoms with E-state index in [2.05, 4.69) is 52.7 Å². The molecule has 4 nitrogen and oxygen atoms in total. The molecule has 0 radical (unpaired) electrons. The maximum atomic E-state index is 12.8. The van der Waals surface area contributed by atoms with E-state index in [1.807, 2.05) is 35.2 Å². The topological polar surface area (TPSA) is 35.6 Å². The second-order valence-electron chi connectivity index (χ2n) is 8.19. The van der Waals surface area contributed by atoms with Crippen LogP contribution >= 0.6 is 0 Å². The molecule has 2 heterocycles. The number of anilines is 2. The van der Waals surface area contributed by atoms with E-state index < -0.39 is 0 Å². The fourth-order valence-corrected chi connectivity index (χ4v) is 4.46. The molecule has 3 aromatic carbocycles. The van der Waals surface area contributed by atoms with E-state index >= 15 is 0 Å². The number of nitrogens with one attached hydrogen (secondary N) is 1. The Labute approximate surface area is 178 Å². The summed E-state index contributed by atoms with van der Waals surface area (Å²) in [6.45, 7) is 3.75. The smallest absolute Gasteiger partial charge is 0.322 e. The molecule has 5 rings (SSSR count). The molecule has 1 saturated heterocycles. The summed E-state index contributed by atoms with van der Waals surface area (Å²) in [6, 6.07) is 25.0. The molecule has 0 unspecified atom stereocenters.